The molecule has 3 aliphatic rings. The van der Waals surface area contributed by atoms with Crippen molar-refractivity contribution in [3.05, 3.63) is 60.2 Å². The average molecular weight is 499 g/mol. The summed E-state index contributed by atoms with van der Waals surface area (Å²) >= 11 is 0. The highest BCUT2D eigenvalue weighted by Gasteiger charge is 2.73. The van der Waals surface area contributed by atoms with Crippen LogP contribution in [0.15, 0.2) is 54.6 Å². The van der Waals surface area contributed by atoms with Gasteiger partial charge in [-0.1, -0.05) is 24.3 Å². The quantitative estimate of drug-likeness (QED) is 0.504. The Morgan fingerprint density at radius 1 is 1.05 bits per heavy atom. The first-order valence-electron chi connectivity index (χ1n) is 12.3. The summed E-state index contributed by atoms with van der Waals surface area (Å²) in [5.74, 6) is -0.775. The molecule has 8 heteroatoms. The number of amides is 2. The highest BCUT2D eigenvalue weighted by Crippen LogP contribution is 2.62. The minimum absolute atomic E-state index is 0.0278. The standard InChI is InChI=1S/C29H26N2O6/c1-28-9-10-29(37-28,11-12-36-20-14-18(32)13-19(15-20)35-2)25-24(28)26(33)31(27(25)34)23-8-7-17(16-30)21-5-3-4-6-22(21)23/h3-8,13-15,24-25,32H,9-12H2,1-2H3/t24-,25+,28-,29-/m1/s1. The molecule has 2 amide bonds. The zero-order valence-corrected chi connectivity index (χ0v) is 20.6. The van der Waals surface area contributed by atoms with Crippen LogP contribution >= 0.6 is 0 Å². The van der Waals surface area contributed by atoms with Gasteiger partial charge in [0.15, 0.2) is 0 Å². The molecule has 0 radical (unpaired) electrons. The lowest BCUT2D eigenvalue weighted by molar-refractivity contribution is -0.131. The van der Waals surface area contributed by atoms with Crippen molar-refractivity contribution in [1.29, 1.82) is 5.26 Å². The summed E-state index contributed by atoms with van der Waals surface area (Å²) in [5, 5.41) is 20.8. The van der Waals surface area contributed by atoms with Gasteiger partial charge in [0.25, 0.3) is 0 Å². The van der Waals surface area contributed by atoms with Crippen LogP contribution in [0.1, 0.15) is 31.7 Å². The van der Waals surface area contributed by atoms with Crippen molar-refractivity contribution in [2.75, 3.05) is 18.6 Å². The molecular weight excluding hydrogens is 472 g/mol. The van der Waals surface area contributed by atoms with E-state index in [9.17, 15) is 20.0 Å². The summed E-state index contributed by atoms with van der Waals surface area (Å²) in [5.41, 5.74) is -0.557. The fourth-order valence-electron chi connectivity index (χ4n) is 6.52. The van der Waals surface area contributed by atoms with E-state index < -0.39 is 23.0 Å². The topological polar surface area (TPSA) is 109 Å². The zero-order chi connectivity index (χ0) is 25.9. The second-order valence-corrected chi connectivity index (χ2v) is 10.2. The maximum absolute atomic E-state index is 14.0. The number of benzene rings is 3. The number of fused-ring (bicyclic) bond motifs is 6. The van der Waals surface area contributed by atoms with Crippen LogP contribution in [0.5, 0.6) is 17.2 Å². The average Bonchev–Trinajstić information content (AvgIpc) is 3.47. The number of rotatable bonds is 6. The van der Waals surface area contributed by atoms with Crippen LogP contribution in [0.4, 0.5) is 5.69 Å². The molecule has 3 saturated heterocycles. The number of ether oxygens (including phenoxy) is 3. The number of phenolic OH excluding ortho intramolecular Hbond substituents is 1. The van der Waals surface area contributed by atoms with Crippen molar-refractivity contribution in [3.63, 3.8) is 0 Å². The first-order chi connectivity index (χ1) is 17.8. The molecule has 37 heavy (non-hydrogen) atoms. The van der Waals surface area contributed by atoms with E-state index in [1.165, 1.54) is 24.1 Å². The molecule has 2 bridgehead atoms. The fourth-order valence-corrected chi connectivity index (χ4v) is 6.52. The van der Waals surface area contributed by atoms with Crippen molar-refractivity contribution in [3.8, 4) is 23.3 Å². The van der Waals surface area contributed by atoms with Crippen molar-refractivity contribution < 1.29 is 28.9 Å². The van der Waals surface area contributed by atoms with E-state index in [-0.39, 0.29) is 24.2 Å². The van der Waals surface area contributed by atoms with Crippen LogP contribution < -0.4 is 14.4 Å². The largest absolute Gasteiger partial charge is 0.508 e. The van der Waals surface area contributed by atoms with Gasteiger partial charge in [-0.3, -0.25) is 9.59 Å². The molecule has 3 fully saturated rings. The van der Waals surface area contributed by atoms with Gasteiger partial charge in [0.05, 0.1) is 54.1 Å². The maximum Gasteiger partial charge on any atom is 0.240 e. The Balaban J connectivity index is 1.31. The number of nitrogens with zero attached hydrogens (tertiary/aromatic N) is 2. The van der Waals surface area contributed by atoms with E-state index in [4.69, 9.17) is 14.2 Å². The minimum Gasteiger partial charge on any atom is -0.508 e. The third kappa shape index (κ3) is 3.38. The van der Waals surface area contributed by atoms with E-state index in [2.05, 4.69) is 6.07 Å². The molecule has 8 nitrogen and oxygen atoms in total. The number of carbonyl (C=O) groups excluding carboxylic acids is 2. The van der Waals surface area contributed by atoms with Gasteiger partial charge in [0.2, 0.25) is 11.8 Å². The summed E-state index contributed by atoms with van der Waals surface area (Å²) in [6.07, 6.45) is 1.75. The number of anilines is 1. The molecule has 0 aromatic heterocycles. The molecule has 188 valence electrons. The highest BCUT2D eigenvalue weighted by atomic mass is 16.5. The lowest BCUT2D eigenvalue weighted by atomic mass is 9.67. The number of methoxy groups -OCH3 is 1. The normalized spacial score (nSPS) is 28.0. The Hall–Kier alpha value is -4.09. The predicted molar refractivity (Wildman–Crippen MR) is 134 cm³/mol. The number of imide groups is 1. The molecule has 1 N–H and O–H groups in total. The van der Waals surface area contributed by atoms with Gasteiger partial charge in [-0.05, 0) is 31.9 Å². The van der Waals surface area contributed by atoms with Gasteiger partial charge in [0.1, 0.15) is 17.2 Å². The molecule has 4 atom stereocenters. The van der Waals surface area contributed by atoms with Crippen molar-refractivity contribution in [1.82, 2.24) is 0 Å². The van der Waals surface area contributed by atoms with Gasteiger partial charge in [-0.25, -0.2) is 4.90 Å². The second kappa shape index (κ2) is 8.22. The number of nitriles is 1. The molecule has 0 aliphatic carbocycles. The number of phenols is 1. The van der Waals surface area contributed by atoms with Crippen molar-refractivity contribution >= 4 is 28.3 Å². The van der Waals surface area contributed by atoms with Gasteiger partial charge in [-0.15, -0.1) is 0 Å². The second-order valence-electron chi connectivity index (χ2n) is 10.2. The van der Waals surface area contributed by atoms with E-state index in [0.29, 0.717) is 52.8 Å². The van der Waals surface area contributed by atoms with E-state index in [0.717, 1.165) is 0 Å². The van der Waals surface area contributed by atoms with Crippen molar-refractivity contribution in [2.24, 2.45) is 11.8 Å². The third-order valence-electron chi connectivity index (χ3n) is 8.17. The number of carbonyl (C=O) groups is 2. The molecule has 3 aromatic rings. The highest BCUT2D eigenvalue weighted by molar-refractivity contribution is 6.26. The summed E-state index contributed by atoms with van der Waals surface area (Å²) < 4.78 is 17.6. The van der Waals surface area contributed by atoms with Gasteiger partial charge >= 0.3 is 0 Å². The Labute approximate surface area is 214 Å². The Morgan fingerprint density at radius 3 is 2.54 bits per heavy atom. The smallest absolute Gasteiger partial charge is 0.240 e. The predicted octanol–water partition coefficient (Wildman–Crippen LogP) is 4.32. The number of aromatic hydroxyl groups is 1. The van der Waals surface area contributed by atoms with Gasteiger partial charge in [-0.2, -0.15) is 5.26 Å². The van der Waals surface area contributed by atoms with E-state index in [1.54, 1.807) is 18.2 Å². The zero-order valence-electron chi connectivity index (χ0n) is 20.6. The molecule has 3 aliphatic heterocycles. The molecule has 0 spiro atoms. The van der Waals surface area contributed by atoms with Gasteiger partial charge in [0, 0.05) is 35.4 Å². The molecule has 3 aromatic carbocycles. The molecule has 3 heterocycles. The Kier molecular flexibility index (Phi) is 5.18. The summed E-state index contributed by atoms with van der Waals surface area (Å²) in [6.45, 7) is 2.17. The van der Waals surface area contributed by atoms with Crippen LogP contribution in [-0.2, 0) is 14.3 Å². The Morgan fingerprint density at radius 2 is 1.78 bits per heavy atom. The van der Waals surface area contributed by atoms with E-state index >= 15 is 0 Å². The Bertz CT molecular complexity index is 1500. The summed E-state index contributed by atoms with van der Waals surface area (Å²) in [7, 11) is 1.51. The monoisotopic (exact) mass is 498 g/mol. The third-order valence-corrected chi connectivity index (χ3v) is 8.17. The molecular formula is C29H26N2O6. The van der Waals surface area contributed by atoms with E-state index in [1.807, 2.05) is 31.2 Å². The maximum atomic E-state index is 14.0. The van der Waals surface area contributed by atoms with Crippen LogP contribution in [0.3, 0.4) is 0 Å². The lowest BCUT2D eigenvalue weighted by Crippen LogP contribution is -2.43. The van der Waals surface area contributed by atoms with Gasteiger partial charge < -0.3 is 19.3 Å². The summed E-state index contributed by atoms with van der Waals surface area (Å²) in [4.78, 5) is 29.1. The molecule has 6 rings (SSSR count). The lowest BCUT2D eigenvalue weighted by Gasteiger charge is -2.31. The first-order valence-corrected chi connectivity index (χ1v) is 12.3. The van der Waals surface area contributed by atoms with Crippen LogP contribution in [0.2, 0.25) is 0 Å². The first kappa shape index (κ1) is 23.3. The SMILES string of the molecule is COc1cc(O)cc(OCC[C@@]23CC[C@@](C)(O2)[C@H]2C(=O)N(c4ccc(C#N)c5ccccc45)C(=O)[C@H]23)c1. The van der Waals surface area contributed by atoms with Crippen LogP contribution in [0, 0.1) is 23.2 Å². The van der Waals surface area contributed by atoms with Crippen LogP contribution in [0.25, 0.3) is 10.8 Å². The summed E-state index contributed by atoms with van der Waals surface area (Å²) in [6, 6.07) is 17.5. The molecule has 0 unspecified atom stereocenters. The minimum atomic E-state index is -0.815. The van der Waals surface area contributed by atoms with Crippen molar-refractivity contribution in [2.45, 2.75) is 37.4 Å². The fraction of sp³-hybridized carbons (Fsp3) is 0.345. The number of hydrogen-bond acceptors (Lipinski definition) is 7. The van der Waals surface area contributed by atoms with Crippen LogP contribution in [-0.4, -0.2) is 41.8 Å². The molecule has 0 saturated carbocycles. The number of hydrogen-bond donors (Lipinski definition) is 1.